The van der Waals surface area contributed by atoms with Crippen molar-refractivity contribution in [3.63, 3.8) is 0 Å². The zero-order chi connectivity index (χ0) is 13.6. The SMILES string of the molecule is CN(C)S(=O)(=O)c1cccc(NC2(C)CC2)c1N. The van der Waals surface area contributed by atoms with Crippen molar-refractivity contribution in [2.24, 2.45) is 0 Å². The number of para-hydroxylation sites is 1. The van der Waals surface area contributed by atoms with Crippen LogP contribution in [0.15, 0.2) is 23.1 Å². The van der Waals surface area contributed by atoms with Gasteiger partial charge >= 0.3 is 0 Å². The molecule has 5 nitrogen and oxygen atoms in total. The lowest BCUT2D eigenvalue weighted by atomic mass is 10.2. The highest BCUT2D eigenvalue weighted by Crippen LogP contribution is 2.40. The van der Waals surface area contributed by atoms with E-state index in [1.807, 2.05) is 6.07 Å². The second-order valence-corrected chi connectivity index (χ2v) is 7.31. The molecule has 0 unspecified atom stereocenters. The van der Waals surface area contributed by atoms with E-state index >= 15 is 0 Å². The molecular weight excluding hydrogens is 250 g/mol. The molecular formula is C12H19N3O2S. The van der Waals surface area contributed by atoms with Crippen molar-refractivity contribution in [2.75, 3.05) is 25.1 Å². The monoisotopic (exact) mass is 269 g/mol. The van der Waals surface area contributed by atoms with Crippen molar-refractivity contribution < 1.29 is 8.42 Å². The number of anilines is 2. The first kappa shape index (κ1) is 13.2. The van der Waals surface area contributed by atoms with E-state index in [4.69, 9.17) is 5.73 Å². The van der Waals surface area contributed by atoms with Crippen molar-refractivity contribution in [1.29, 1.82) is 0 Å². The number of nitrogens with zero attached hydrogens (tertiary/aromatic N) is 1. The summed E-state index contributed by atoms with van der Waals surface area (Å²) < 4.78 is 25.4. The van der Waals surface area contributed by atoms with Crippen LogP contribution in [0.3, 0.4) is 0 Å². The van der Waals surface area contributed by atoms with Crippen molar-refractivity contribution in [1.82, 2.24) is 4.31 Å². The predicted molar refractivity (Wildman–Crippen MR) is 73.0 cm³/mol. The Balaban J connectivity index is 2.42. The van der Waals surface area contributed by atoms with Crippen LogP contribution in [-0.4, -0.2) is 32.4 Å². The van der Waals surface area contributed by atoms with Gasteiger partial charge in [0.05, 0.1) is 11.4 Å². The minimum atomic E-state index is -3.50. The average molecular weight is 269 g/mol. The standard InChI is InChI=1S/C12H19N3O2S/c1-12(7-8-12)14-9-5-4-6-10(11(9)13)18(16,17)15(2)3/h4-6,14H,7-8,13H2,1-3H3. The highest BCUT2D eigenvalue weighted by Gasteiger charge is 2.37. The second-order valence-electron chi connectivity index (χ2n) is 5.19. The molecule has 0 aromatic heterocycles. The molecule has 0 spiro atoms. The molecule has 0 radical (unpaired) electrons. The molecule has 1 aromatic carbocycles. The van der Waals surface area contributed by atoms with Crippen LogP contribution in [0.5, 0.6) is 0 Å². The minimum Gasteiger partial charge on any atom is -0.396 e. The van der Waals surface area contributed by atoms with E-state index in [1.165, 1.54) is 24.5 Å². The van der Waals surface area contributed by atoms with E-state index in [0.717, 1.165) is 12.8 Å². The molecule has 0 atom stereocenters. The molecule has 2 rings (SSSR count). The van der Waals surface area contributed by atoms with Crippen LogP contribution in [0, 0.1) is 0 Å². The first-order valence-corrected chi connectivity index (χ1v) is 7.29. The fraction of sp³-hybridized carbons (Fsp3) is 0.500. The summed E-state index contributed by atoms with van der Waals surface area (Å²) in [5, 5.41) is 3.30. The number of nitrogens with two attached hydrogens (primary N) is 1. The minimum absolute atomic E-state index is 0.0641. The lowest BCUT2D eigenvalue weighted by Gasteiger charge is -2.19. The number of rotatable bonds is 4. The molecule has 1 aliphatic carbocycles. The average Bonchev–Trinajstić information content (AvgIpc) is 2.99. The van der Waals surface area contributed by atoms with E-state index < -0.39 is 10.0 Å². The van der Waals surface area contributed by atoms with Gasteiger partial charge in [0.2, 0.25) is 10.0 Å². The number of nitrogens with one attached hydrogen (secondary N) is 1. The summed E-state index contributed by atoms with van der Waals surface area (Å²) >= 11 is 0. The fourth-order valence-electron chi connectivity index (χ4n) is 1.71. The molecule has 100 valence electrons. The summed E-state index contributed by atoms with van der Waals surface area (Å²) in [5.41, 5.74) is 7.02. The van der Waals surface area contributed by atoms with E-state index in [0.29, 0.717) is 11.4 Å². The Morgan fingerprint density at radius 1 is 1.33 bits per heavy atom. The lowest BCUT2D eigenvalue weighted by molar-refractivity contribution is 0.521. The van der Waals surface area contributed by atoms with Crippen LogP contribution >= 0.6 is 0 Å². The Labute approximate surface area is 108 Å². The highest BCUT2D eigenvalue weighted by molar-refractivity contribution is 7.89. The van der Waals surface area contributed by atoms with Crippen molar-refractivity contribution >= 4 is 21.4 Å². The number of sulfonamides is 1. The molecule has 1 aliphatic rings. The Kier molecular flexibility index (Phi) is 3.03. The van der Waals surface area contributed by atoms with E-state index in [-0.39, 0.29) is 10.4 Å². The normalized spacial score (nSPS) is 17.8. The summed E-state index contributed by atoms with van der Waals surface area (Å²) in [6.45, 7) is 2.10. The molecule has 3 N–H and O–H groups in total. The molecule has 1 fully saturated rings. The Hall–Kier alpha value is -1.27. The third kappa shape index (κ3) is 2.30. The maximum Gasteiger partial charge on any atom is 0.244 e. The Morgan fingerprint density at radius 2 is 1.94 bits per heavy atom. The van der Waals surface area contributed by atoms with Gasteiger partial charge in [-0.1, -0.05) is 6.07 Å². The van der Waals surface area contributed by atoms with Gasteiger partial charge in [0, 0.05) is 19.6 Å². The van der Waals surface area contributed by atoms with E-state index in [1.54, 1.807) is 6.07 Å². The molecule has 6 heteroatoms. The number of hydrogen-bond acceptors (Lipinski definition) is 4. The molecule has 1 aromatic rings. The van der Waals surface area contributed by atoms with Crippen LogP contribution in [0.1, 0.15) is 19.8 Å². The highest BCUT2D eigenvalue weighted by atomic mass is 32.2. The topological polar surface area (TPSA) is 75.4 Å². The molecule has 18 heavy (non-hydrogen) atoms. The maximum absolute atomic E-state index is 12.1. The maximum atomic E-state index is 12.1. The summed E-state index contributed by atoms with van der Waals surface area (Å²) in [5.74, 6) is 0. The number of hydrogen-bond donors (Lipinski definition) is 2. The van der Waals surface area contributed by atoms with Gasteiger partial charge in [-0.05, 0) is 31.9 Å². The fourth-order valence-corrected chi connectivity index (χ4v) is 2.74. The van der Waals surface area contributed by atoms with Gasteiger partial charge in [-0.15, -0.1) is 0 Å². The predicted octanol–water partition coefficient (Wildman–Crippen LogP) is 1.48. The smallest absolute Gasteiger partial charge is 0.244 e. The molecule has 0 saturated heterocycles. The third-order valence-corrected chi connectivity index (χ3v) is 5.13. The van der Waals surface area contributed by atoms with Crippen LogP contribution in [0.2, 0.25) is 0 Å². The summed E-state index contributed by atoms with van der Waals surface area (Å²) in [4.78, 5) is 0.154. The van der Waals surface area contributed by atoms with Gasteiger partial charge in [-0.2, -0.15) is 0 Å². The van der Waals surface area contributed by atoms with Gasteiger partial charge in [-0.3, -0.25) is 0 Å². The molecule has 1 saturated carbocycles. The molecule has 0 amide bonds. The first-order chi connectivity index (χ1) is 8.26. The van der Waals surface area contributed by atoms with E-state index in [9.17, 15) is 8.42 Å². The van der Waals surface area contributed by atoms with Gasteiger partial charge in [0.1, 0.15) is 4.90 Å². The van der Waals surface area contributed by atoms with Gasteiger partial charge in [0.25, 0.3) is 0 Å². The van der Waals surface area contributed by atoms with Crippen LogP contribution < -0.4 is 11.1 Å². The third-order valence-electron chi connectivity index (χ3n) is 3.26. The van der Waals surface area contributed by atoms with Crippen molar-refractivity contribution in [3.05, 3.63) is 18.2 Å². The quantitative estimate of drug-likeness (QED) is 0.812. The second kappa shape index (κ2) is 4.13. The summed E-state index contributed by atoms with van der Waals surface area (Å²) in [7, 11) is -0.503. The van der Waals surface area contributed by atoms with Gasteiger partial charge < -0.3 is 11.1 Å². The van der Waals surface area contributed by atoms with Gasteiger partial charge in [0.15, 0.2) is 0 Å². The summed E-state index contributed by atoms with van der Waals surface area (Å²) in [6, 6.07) is 5.06. The van der Waals surface area contributed by atoms with E-state index in [2.05, 4.69) is 12.2 Å². The first-order valence-electron chi connectivity index (χ1n) is 5.85. The zero-order valence-electron chi connectivity index (χ0n) is 10.9. The molecule has 0 heterocycles. The Bertz CT molecular complexity index is 563. The molecule has 0 aliphatic heterocycles. The number of nitrogen functional groups attached to an aromatic ring is 1. The lowest BCUT2D eigenvalue weighted by Crippen LogP contribution is -2.24. The van der Waals surface area contributed by atoms with Crippen molar-refractivity contribution in [3.8, 4) is 0 Å². The van der Waals surface area contributed by atoms with Crippen LogP contribution in [-0.2, 0) is 10.0 Å². The van der Waals surface area contributed by atoms with Gasteiger partial charge in [-0.25, -0.2) is 12.7 Å². The zero-order valence-corrected chi connectivity index (χ0v) is 11.7. The number of benzene rings is 1. The largest absolute Gasteiger partial charge is 0.396 e. The van der Waals surface area contributed by atoms with Crippen molar-refractivity contribution in [2.45, 2.75) is 30.2 Å². The Morgan fingerprint density at radius 3 is 2.44 bits per heavy atom. The van der Waals surface area contributed by atoms with Crippen LogP contribution in [0.4, 0.5) is 11.4 Å². The molecule has 0 bridgehead atoms. The summed E-state index contributed by atoms with van der Waals surface area (Å²) in [6.07, 6.45) is 2.16. The van der Waals surface area contributed by atoms with Crippen LogP contribution in [0.25, 0.3) is 0 Å².